The van der Waals surface area contributed by atoms with E-state index in [-0.39, 0.29) is 0 Å². The molecule has 3 rings (SSSR count). The summed E-state index contributed by atoms with van der Waals surface area (Å²) in [5.74, 6) is 0.336. The van der Waals surface area contributed by atoms with Crippen molar-refractivity contribution in [1.29, 1.82) is 0 Å². The molecule has 0 saturated heterocycles. The van der Waals surface area contributed by atoms with E-state index in [0.717, 1.165) is 22.5 Å². The number of carbonyl (C=O) groups excluding carboxylic acids is 2. The number of fused-ring (bicyclic) bond motifs is 1. The van der Waals surface area contributed by atoms with E-state index in [4.69, 9.17) is 9.47 Å². The van der Waals surface area contributed by atoms with Gasteiger partial charge in [0.15, 0.2) is 0 Å². The first-order valence-corrected chi connectivity index (χ1v) is 8.30. The smallest absolute Gasteiger partial charge is 0.340 e. The Bertz CT molecular complexity index is 777. The second kappa shape index (κ2) is 6.12. The number of methoxy groups -OCH3 is 2. The minimum atomic E-state index is -0.520. The molecule has 0 amide bonds. The van der Waals surface area contributed by atoms with Crippen LogP contribution >= 0.6 is 11.8 Å². The number of hydrogen-bond donors (Lipinski definition) is 0. The highest BCUT2D eigenvalue weighted by atomic mass is 32.2. The summed E-state index contributed by atoms with van der Waals surface area (Å²) in [6.07, 6.45) is 0. The summed E-state index contributed by atoms with van der Waals surface area (Å²) in [4.78, 5) is 24.6. The largest absolute Gasteiger partial charge is 0.465 e. The lowest BCUT2D eigenvalue weighted by molar-refractivity contribution is 0.0556. The molecule has 0 atom stereocenters. The number of thioether (sulfide) groups is 1. The van der Waals surface area contributed by atoms with E-state index in [0.29, 0.717) is 22.8 Å². The minimum Gasteiger partial charge on any atom is -0.465 e. The molecule has 0 unspecified atom stereocenters. The zero-order valence-corrected chi connectivity index (χ0v) is 14.0. The van der Waals surface area contributed by atoms with Crippen LogP contribution in [0.15, 0.2) is 24.3 Å². The Balaban J connectivity index is 2.31. The van der Waals surface area contributed by atoms with Gasteiger partial charge in [-0.2, -0.15) is 0 Å². The number of carbonyl (C=O) groups is 2. The van der Waals surface area contributed by atoms with Crippen molar-refractivity contribution < 1.29 is 19.1 Å². The molecule has 0 bridgehead atoms. The number of esters is 2. The Labute approximate surface area is 138 Å². The van der Waals surface area contributed by atoms with E-state index in [1.54, 1.807) is 11.8 Å². The fourth-order valence-corrected chi connectivity index (χ4v) is 3.88. The maximum atomic E-state index is 12.4. The SMILES string of the molecule is COC(=O)c1c(C(=O)OC)c(-c2ccc(C)cc2)n2c1CSC2. The fraction of sp³-hybridized carbons (Fsp3) is 0.294. The van der Waals surface area contributed by atoms with Gasteiger partial charge in [-0.1, -0.05) is 29.8 Å². The van der Waals surface area contributed by atoms with Crippen molar-refractivity contribution in [3.8, 4) is 11.3 Å². The van der Waals surface area contributed by atoms with E-state index in [1.807, 2.05) is 35.8 Å². The van der Waals surface area contributed by atoms with Gasteiger partial charge in [0.25, 0.3) is 0 Å². The van der Waals surface area contributed by atoms with Crippen molar-refractivity contribution >= 4 is 23.7 Å². The van der Waals surface area contributed by atoms with Crippen LogP contribution in [0.3, 0.4) is 0 Å². The Morgan fingerprint density at radius 2 is 1.65 bits per heavy atom. The second-order valence-electron chi connectivity index (χ2n) is 5.30. The molecule has 120 valence electrons. The predicted molar refractivity (Wildman–Crippen MR) is 88.6 cm³/mol. The van der Waals surface area contributed by atoms with E-state index in [2.05, 4.69) is 0 Å². The number of aryl methyl sites for hydroxylation is 1. The maximum absolute atomic E-state index is 12.4. The molecular formula is C17H17NO4S. The lowest BCUT2D eigenvalue weighted by Gasteiger charge is -2.09. The Morgan fingerprint density at radius 1 is 1.04 bits per heavy atom. The third-order valence-electron chi connectivity index (χ3n) is 3.93. The predicted octanol–water partition coefficient (Wildman–Crippen LogP) is 3.24. The third-order valence-corrected chi connectivity index (χ3v) is 4.85. The molecule has 1 aliphatic rings. The van der Waals surface area contributed by atoms with Crippen LogP contribution in [-0.2, 0) is 21.1 Å². The molecule has 2 heterocycles. The first-order valence-electron chi connectivity index (χ1n) is 7.15. The van der Waals surface area contributed by atoms with Crippen molar-refractivity contribution in [2.24, 2.45) is 0 Å². The number of ether oxygens (including phenoxy) is 2. The van der Waals surface area contributed by atoms with E-state index in [9.17, 15) is 9.59 Å². The molecular weight excluding hydrogens is 314 g/mol. The third kappa shape index (κ3) is 2.53. The number of aromatic nitrogens is 1. The van der Waals surface area contributed by atoms with Gasteiger partial charge in [0, 0.05) is 11.4 Å². The molecule has 0 N–H and O–H groups in total. The molecule has 0 fully saturated rings. The van der Waals surface area contributed by atoms with Gasteiger partial charge in [-0.05, 0) is 12.5 Å². The molecule has 1 aromatic heterocycles. The minimum absolute atomic E-state index is 0.290. The second-order valence-corrected chi connectivity index (χ2v) is 6.26. The van der Waals surface area contributed by atoms with Crippen molar-refractivity contribution in [1.82, 2.24) is 4.57 Å². The molecule has 1 aliphatic heterocycles. The van der Waals surface area contributed by atoms with Crippen LogP contribution in [0.25, 0.3) is 11.3 Å². The normalized spacial score (nSPS) is 12.8. The van der Waals surface area contributed by atoms with Crippen LogP contribution in [0, 0.1) is 6.92 Å². The summed E-state index contributed by atoms with van der Waals surface area (Å²) in [5.41, 5.74) is 4.16. The molecule has 6 heteroatoms. The molecule has 0 saturated carbocycles. The van der Waals surface area contributed by atoms with Crippen molar-refractivity contribution in [2.45, 2.75) is 18.6 Å². The van der Waals surface area contributed by atoms with Gasteiger partial charge in [-0.3, -0.25) is 0 Å². The van der Waals surface area contributed by atoms with Crippen molar-refractivity contribution in [3.05, 3.63) is 46.6 Å². The Kier molecular flexibility index (Phi) is 4.17. The van der Waals surface area contributed by atoms with Crippen LogP contribution in [0.1, 0.15) is 32.0 Å². The average molecular weight is 331 g/mol. The summed E-state index contributed by atoms with van der Waals surface area (Å²) in [6, 6.07) is 7.87. The van der Waals surface area contributed by atoms with E-state index < -0.39 is 11.9 Å². The highest BCUT2D eigenvalue weighted by molar-refractivity contribution is 7.97. The van der Waals surface area contributed by atoms with Gasteiger partial charge in [-0.15, -0.1) is 11.8 Å². The fourth-order valence-electron chi connectivity index (χ4n) is 2.83. The van der Waals surface area contributed by atoms with Crippen molar-refractivity contribution in [2.75, 3.05) is 14.2 Å². The van der Waals surface area contributed by atoms with E-state index >= 15 is 0 Å². The number of nitrogens with zero attached hydrogens (tertiary/aromatic N) is 1. The van der Waals surface area contributed by atoms with Crippen LogP contribution in [0.4, 0.5) is 0 Å². The lowest BCUT2D eigenvalue weighted by atomic mass is 10.0. The Morgan fingerprint density at radius 3 is 2.26 bits per heavy atom. The molecule has 2 aromatic rings. The van der Waals surface area contributed by atoms with Gasteiger partial charge in [-0.25, -0.2) is 9.59 Å². The van der Waals surface area contributed by atoms with E-state index in [1.165, 1.54) is 14.2 Å². The summed E-state index contributed by atoms with van der Waals surface area (Å²) < 4.78 is 11.8. The molecule has 0 spiro atoms. The first-order chi connectivity index (χ1) is 11.1. The summed E-state index contributed by atoms with van der Waals surface area (Å²) in [7, 11) is 2.64. The van der Waals surface area contributed by atoms with Gasteiger partial charge < -0.3 is 14.0 Å². The summed E-state index contributed by atoms with van der Waals surface area (Å²) in [5, 5.41) is 0. The molecule has 23 heavy (non-hydrogen) atoms. The lowest BCUT2D eigenvalue weighted by Crippen LogP contribution is -2.11. The van der Waals surface area contributed by atoms with Gasteiger partial charge in [0.05, 0.1) is 31.4 Å². The zero-order valence-electron chi connectivity index (χ0n) is 13.2. The van der Waals surface area contributed by atoms with Gasteiger partial charge in [0.1, 0.15) is 5.56 Å². The van der Waals surface area contributed by atoms with Gasteiger partial charge >= 0.3 is 11.9 Å². The molecule has 0 radical (unpaired) electrons. The number of rotatable bonds is 3. The zero-order chi connectivity index (χ0) is 16.6. The number of benzene rings is 1. The van der Waals surface area contributed by atoms with Crippen molar-refractivity contribution in [3.63, 3.8) is 0 Å². The average Bonchev–Trinajstić information content (AvgIpc) is 3.14. The highest BCUT2D eigenvalue weighted by Gasteiger charge is 2.34. The Hall–Kier alpha value is -2.21. The first kappa shape index (κ1) is 15.7. The van der Waals surface area contributed by atoms with Gasteiger partial charge in [0.2, 0.25) is 0 Å². The quantitative estimate of drug-likeness (QED) is 0.808. The molecule has 1 aromatic carbocycles. The monoisotopic (exact) mass is 331 g/mol. The van der Waals surface area contributed by atoms with Crippen LogP contribution in [0.2, 0.25) is 0 Å². The maximum Gasteiger partial charge on any atom is 0.340 e. The summed E-state index contributed by atoms with van der Waals surface area (Å²) in [6.45, 7) is 2.00. The van der Waals surface area contributed by atoms with Crippen LogP contribution in [-0.4, -0.2) is 30.7 Å². The number of hydrogen-bond acceptors (Lipinski definition) is 5. The summed E-state index contributed by atoms with van der Waals surface area (Å²) >= 11 is 1.69. The van der Waals surface area contributed by atoms with Crippen LogP contribution < -0.4 is 0 Å². The standard InChI is InChI=1S/C17H17NO4S/c1-10-4-6-11(7-5-10)15-14(17(20)22-3)13(16(19)21-2)12-8-23-9-18(12)15/h4-7H,8-9H2,1-3H3. The topological polar surface area (TPSA) is 57.5 Å². The molecule has 0 aliphatic carbocycles. The van der Waals surface area contributed by atoms with Crippen LogP contribution in [0.5, 0.6) is 0 Å². The highest BCUT2D eigenvalue weighted by Crippen LogP contribution is 2.39. The molecule has 5 nitrogen and oxygen atoms in total.